The summed E-state index contributed by atoms with van der Waals surface area (Å²) < 4.78 is 5.69. The molecule has 0 radical (unpaired) electrons. The molecule has 3 nitrogen and oxygen atoms in total. The Kier molecular flexibility index (Phi) is 2.07. The van der Waals surface area contributed by atoms with Crippen molar-refractivity contribution in [1.29, 1.82) is 0 Å². The average molecular weight is 215 g/mol. The Morgan fingerprint density at radius 1 is 1.31 bits per heavy atom. The molecule has 1 aromatic rings. The Bertz CT molecular complexity index is 441. The van der Waals surface area contributed by atoms with Crippen LogP contribution in [-0.4, -0.2) is 23.5 Å². The first-order valence-electron chi connectivity index (χ1n) is 5.44. The first-order chi connectivity index (χ1) is 7.77. The molecule has 0 saturated carbocycles. The number of hydrogen-bond acceptors (Lipinski definition) is 2. The van der Waals surface area contributed by atoms with E-state index in [9.17, 15) is 4.79 Å². The van der Waals surface area contributed by atoms with Crippen LogP contribution in [0, 0.1) is 0 Å². The number of ether oxygens (including phenoxy) is 1. The lowest BCUT2D eigenvalue weighted by Crippen LogP contribution is -2.30. The van der Waals surface area contributed by atoms with Gasteiger partial charge in [-0.2, -0.15) is 0 Å². The first-order valence-corrected chi connectivity index (χ1v) is 5.44. The van der Waals surface area contributed by atoms with Gasteiger partial charge in [0.2, 0.25) is 0 Å². The van der Waals surface area contributed by atoms with Crippen LogP contribution < -0.4 is 0 Å². The van der Waals surface area contributed by atoms with Crippen molar-refractivity contribution < 1.29 is 9.53 Å². The molecular formula is C13H13NO2. The fourth-order valence-corrected chi connectivity index (χ4v) is 2.41. The van der Waals surface area contributed by atoms with Crippen molar-refractivity contribution in [2.75, 3.05) is 6.61 Å². The molecule has 1 amide bonds. The van der Waals surface area contributed by atoms with E-state index in [0.717, 1.165) is 12.0 Å². The molecule has 2 saturated heterocycles. The minimum atomic E-state index is -0.224. The molecule has 0 N–H and O–H groups in total. The zero-order chi connectivity index (χ0) is 11.1. The van der Waals surface area contributed by atoms with E-state index in [-0.39, 0.29) is 18.2 Å². The van der Waals surface area contributed by atoms with Gasteiger partial charge in [0.25, 0.3) is 5.91 Å². The number of amides is 1. The third-order valence-corrected chi connectivity index (χ3v) is 3.20. The average Bonchev–Trinajstić information content (AvgIpc) is 2.83. The van der Waals surface area contributed by atoms with E-state index in [0.29, 0.717) is 12.2 Å². The van der Waals surface area contributed by atoms with E-state index in [1.54, 1.807) is 0 Å². The van der Waals surface area contributed by atoms with Crippen molar-refractivity contribution in [3.8, 4) is 0 Å². The zero-order valence-electron chi connectivity index (χ0n) is 8.93. The Morgan fingerprint density at radius 2 is 2.06 bits per heavy atom. The number of hydrogen-bond donors (Lipinski definition) is 0. The summed E-state index contributed by atoms with van der Waals surface area (Å²) >= 11 is 0. The molecule has 2 atom stereocenters. The summed E-state index contributed by atoms with van der Waals surface area (Å²) in [4.78, 5) is 13.7. The molecule has 3 heteroatoms. The second-order valence-electron chi connectivity index (χ2n) is 4.27. The Hall–Kier alpha value is -1.61. The maximum atomic E-state index is 11.9. The van der Waals surface area contributed by atoms with E-state index in [1.807, 2.05) is 35.2 Å². The molecule has 82 valence electrons. The maximum Gasteiger partial charge on any atom is 0.251 e. The molecule has 3 rings (SSSR count). The second-order valence-corrected chi connectivity index (χ2v) is 4.27. The molecule has 16 heavy (non-hydrogen) atoms. The lowest BCUT2D eigenvalue weighted by atomic mass is 10.2. The highest BCUT2D eigenvalue weighted by Crippen LogP contribution is 2.38. The predicted molar refractivity (Wildman–Crippen MR) is 59.5 cm³/mol. The summed E-state index contributed by atoms with van der Waals surface area (Å²) in [6.45, 7) is 4.41. The number of nitrogens with zero attached hydrogens (tertiary/aromatic N) is 1. The van der Waals surface area contributed by atoms with Gasteiger partial charge in [-0.1, -0.05) is 36.9 Å². The van der Waals surface area contributed by atoms with E-state index in [4.69, 9.17) is 4.74 Å². The summed E-state index contributed by atoms with van der Waals surface area (Å²) in [6.07, 6.45) is 0.514. The van der Waals surface area contributed by atoms with Crippen LogP contribution in [0.25, 0.3) is 0 Å². The zero-order valence-corrected chi connectivity index (χ0v) is 8.93. The van der Waals surface area contributed by atoms with E-state index >= 15 is 0 Å². The van der Waals surface area contributed by atoms with Gasteiger partial charge in [-0.15, -0.1) is 0 Å². The smallest absolute Gasteiger partial charge is 0.251 e. The molecule has 2 heterocycles. The lowest BCUT2D eigenvalue weighted by molar-refractivity contribution is -0.131. The minimum Gasteiger partial charge on any atom is -0.352 e. The third kappa shape index (κ3) is 1.28. The highest BCUT2D eigenvalue weighted by Gasteiger charge is 2.44. The maximum absolute atomic E-state index is 11.9. The second kappa shape index (κ2) is 3.46. The Morgan fingerprint density at radius 3 is 2.81 bits per heavy atom. The van der Waals surface area contributed by atoms with Gasteiger partial charge in [-0.25, -0.2) is 0 Å². The molecule has 2 aliphatic rings. The van der Waals surface area contributed by atoms with Gasteiger partial charge in [-0.3, -0.25) is 4.79 Å². The quantitative estimate of drug-likeness (QED) is 0.669. The van der Waals surface area contributed by atoms with Gasteiger partial charge in [0.1, 0.15) is 0 Å². The highest BCUT2D eigenvalue weighted by atomic mass is 16.5. The SMILES string of the molecule is C=C1CC2CO[C@H](c3ccccc3)N2C1=O. The first kappa shape index (κ1) is 9.60. The Labute approximate surface area is 94.3 Å². The van der Waals surface area contributed by atoms with Crippen LogP contribution in [0.5, 0.6) is 0 Å². The molecule has 1 aromatic carbocycles. The molecule has 0 aliphatic carbocycles. The molecule has 0 spiro atoms. The van der Waals surface area contributed by atoms with Crippen LogP contribution in [0.2, 0.25) is 0 Å². The van der Waals surface area contributed by atoms with Crippen molar-refractivity contribution in [2.45, 2.75) is 18.7 Å². The topological polar surface area (TPSA) is 29.5 Å². The van der Waals surface area contributed by atoms with Crippen molar-refractivity contribution in [2.24, 2.45) is 0 Å². The van der Waals surface area contributed by atoms with Gasteiger partial charge in [0.15, 0.2) is 6.23 Å². The minimum absolute atomic E-state index is 0.0383. The number of fused-ring (bicyclic) bond motifs is 1. The van der Waals surface area contributed by atoms with Crippen molar-refractivity contribution >= 4 is 5.91 Å². The van der Waals surface area contributed by atoms with Crippen LogP contribution in [0.15, 0.2) is 42.5 Å². The van der Waals surface area contributed by atoms with E-state index < -0.39 is 0 Å². The largest absolute Gasteiger partial charge is 0.352 e. The van der Waals surface area contributed by atoms with Gasteiger partial charge in [0, 0.05) is 17.6 Å². The number of carbonyl (C=O) groups excluding carboxylic acids is 1. The van der Waals surface area contributed by atoms with Crippen molar-refractivity contribution in [1.82, 2.24) is 4.90 Å². The normalized spacial score (nSPS) is 28.6. The van der Waals surface area contributed by atoms with E-state index in [2.05, 4.69) is 6.58 Å². The number of rotatable bonds is 1. The molecule has 2 fully saturated rings. The highest BCUT2D eigenvalue weighted by molar-refractivity contribution is 5.96. The standard InChI is InChI=1S/C13H13NO2/c1-9-7-11-8-16-13(14(11)12(9)15)10-5-3-2-4-6-10/h2-6,11,13H,1,7-8H2/t11?,13-/m1/s1. The summed E-state index contributed by atoms with van der Waals surface area (Å²) in [7, 11) is 0. The van der Waals surface area contributed by atoms with Crippen LogP contribution in [0.4, 0.5) is 0 Å². The van der Waals surface area contributed by atoms with Crippen molar-refractivity contribution in [3.05, 3.63) is 48.0 Å². The van der Waals surface area contributed by atoms with Gasteiger partial charge in [-0.05, 0) is 0 Å². The number of benzene rings is 1. The lowest BCUT2D eigenvalue weighted by Gasteiger charge is -2.22. The molecule has 2 aliphatic heterocycles. The summed E-state index contributed by atoms with van der Waals surface area (Å²) in [5.41, 5.74) is 1.74. The summed E-state index contributed by atoms with van der Waals surface area (Å²) in [5, 5.41) is 0. The third-order valence-electron chi connectivity index (χ3n) is 3.20. The fraction of sp³-hybridized carbons (Fsp3) is 0.308. The molecular weight excluding hydrogens is 202 g/mol. The monoisotopic (exact) mass is 215 g/mol. The Balaban J connectivity index is 1.94. The van der Waals surface area contributed by atoms with E-state index in [1.165, 1.54) is 0 Å². The number of carbonyl (C=O) groups is 1. The van der Waals surface area contributed by atoms with Crippen LogP contribution in [0.3, 0.4) is 0 Å². The van der Waals surface area contributed by atoms with Gasteiger partial charge in [0.05, 0.1) is 12.6 Å². The predicted octanol–water partition coefficient (Wildman–Crippen LogP) is 1.87. The van der Waals surface area contributed by atoms with Crippen LogP contribution >= 0.6 is 0 Å². The molecule has 0 bridgehead atoms. The van der Waals surface area contributed by atoms with Gasteiger partial charge >= 0.3 is 0 Å². The van der Waals surface area contributed by atoms with Crippen molar-refractivity contribution in [3.63, 3.8) is 0 Å². The molecule has 0 aromatic heterocycles. The van der Waals surface area contributed by atoms with Gasteiger partial charge < -0.3 is 9.64 Å². The van der Waals surface area contributed by atoms with Crippen LogP contribution in [0.1, 0.15) is 18.2 Å². The fourth-order valence-electron chi connectivity index (χ4n) is 2.41. The molecule has 1 unspecified atom stereocenters. The van der Waals surface area contributed by atoms with Crippen LogP contribution in [-0.2, 0) is 9.53 Å². The summed E-state index contributed by atoms with van der Waals surface area (Å²) in [6, 6.07) is 10.0. The summed E-state index contributed by atoms with van der Waals surface area (Å²) in [5.74, 6) is 0.0383.